The van der Waals surface area contributed by atoms with Gasteiger partial charge in [-0.05, 0) is 29.2 Å². The summed E-state index contributed by atoms with van der Waals surface area (Å²) in [6.45, 7) is 2.75. The van der Waals surface area contributed by atoms with Crippen molar-refractivity contribution in [2.24, 2.45) is 5.16 Å². The van der Waals surface area contributed by atoms with Crippen LogP contribution in [0.3, 0.4) is 0 Å². The minimum absolute atomic E-state index is 0.0411. The molecule has 1 fully saturated rings. The fraction of sp³-hybridized carbons (Fsp3) is 0.381. The van der Waals surface area contributed by atoms with Crippen molar-refractivity contribution >= 4 is 69.8 Å². The van der Waals surface area contributed by atoms with E-state index < -0.39 is 29.2 Å². The van der Waals surface area contributed by atoms with Crippen LogP contribution < -0.4 is 26.5 Å². The number of aliphatic carboxylic acids is 1. The third-order valence-corrected chi connectivity index (χ3v) is 8.67. The average Bonchev–Trinajstić information content (AvgIpc) is 3.32. The number of nitrogens with one attached hydrogen (secondary N) is 1. The highest BCUT2D eigenvalue weighted by atomic mass is 32.2. The lowest BCUT2D eigenvalue weighted by Gasteiger charge is -2.49. The smallest absolute Gasteiger partial charge is 0.385 e. The summed E-state index contributed by atoms with van der Waals surface area (Å²) in [4.78, 5) is 51.9. The van der Waals surface area contributed by atoms with Crippen molar-refractivity contribution in [3.63, 3.8) is 0 Å². The van der Waals surface area contributed by atoms with E-state index >= 15 is 0 Å². The Kier molecular flexibility index (Phi) is 8.58. The van der Waals surface area contributed by atoms with Crippen LogP contribution in [0, 0.1) is 0 Å². The van der Waals surface area contributed by atoms with Crippen LogP contribution in [0.1, 0.15) is 12.6 Å². The zero-order valence-electron chi connectivity index (χ0n) is 20.4. The lowest BCUT2D eigenvalue weighted by atomic mass is 10.0. The van der Waals surface area contributed by atoms with E-state index in [0.717, 1.165) is 12.8 Å². The summed E-state index contributed by atoms with van der Waals surface area (Å²) in [5.74, 6) is -1.34. The first kappa shape index (κ1) is 27.5. The van der Waals surface area contributed by atoms with E-state index in [4.69, 9.17) is 16.3 Å². The van der Waals surface area contributed by atoms with Gasteiger partial charge in [0.15, 0.2) is 11.7 Å². The van der Waals surface area contributed by atoms with Gasteiger partial charge in [-0.3, -0.25) is 14.5 Å². The monoisotopic (exact) mass is 580 g/mol. The number of hydrogen-bond acceptors (Lipinski definition) is 13. The molecule has 0 saturated carbocycles. The quantitative estimate of drug-likeness (QED) is 0.0673. The highest BCUT2D eigenvalue weighted by Gasteiger charge is 2.54. The molecular formula is C21H26N9O5S3+. The van der Waals surface area contributed by atoms with Crippen molar-refractivity contribution in [1.29, 1.82) is 0 Å². The Bertz CT molecular complexity index is 1300. The topological polar surface area (TPSA) is 193 Å². The number of anilines is 2. The standard InChI is InChI=1S/C21H25N9O5S3/c1-3-28(2)29-5-4-13(22)26-21(29)38-9-11-8-36-18-15(17(32)30(18)16(11)19(33)34)27-14(31)6-24-35-7-12-10-37-20(23)25-12/h4-6,10,15,18,22H,3,7-9H2,1-2H3,(H4,23,25,27,31,33,34)/p+1/b24-6-. The third kappa shape index (κ3) is 5.94. The Morgan fingerprint density at radius 2 is 2.24 bits per heavy atom. The highest BCUT2D eigenvalue weighted by molar-refractivity contribution is 8.01. The number of nitrogen functional groups attached to an aromatic ring is 2. The zero-order valence-corrected chi connectivity index (χ0v) is 22.9. The summed E-state index contributed by atoms with van der Waals surface area (Å²) >= 11 is 3.96. The summed E-state index contributed by atoms with van der Waals surface area (Å²) in [6.07, 6.45) is 2.71. The average molecular weight is 581 g/mol. The molecule has 0 bridgehead atoms. The molecule has 14 nitrogen and oxygen atoms in total. The Morgan fingerprint density at radius 1 is 1.45 bits per heavy atom. The second-order valence-electron chi connectivity index (χ2n) is 8.08. The van der Waals surface area contributed by atoms with Gasteiger partial charge in [-0.15, -0.1) is 27.8 Å². The molecule has 17 heteroatoms. The van der Waals surface area contributed by atoms with Gasteiger partial charge in [0.05, 0.1) is 12.2 Å². The number of carbonyl (C=O) groups excluding carboxylic acids is 2. The maximum atomic E-state index is 12.9. The van der Waals surface area contributed by atoms with Crippen molar-refractivity contribution in [2.75, 3.05) is 41.6 Å². The van der Waals surface area contributed by atoms with Crippen LogP contribution in [-0.4, -0.2) is 80.5 Å². The van der Waals surface area contributed by atoms with E-state index in [1.807, 2.05) is 23.7 Å². The molecule has 6 N–H and O–H groups in total. The molecule has 0 radical (unpaired) electrons. The lowest BCUT2D eigenvalue weighted by Crippen LogP contribution is -2.70. The normalized spacial score (nSPS) is 18.8. The fourth-order valence-electron chi connectivity index (χ4n) is 3.63. The van der Waals surface area contributed by atoms with Gasteiger partial charge in [0.25, 0.3) is 11.8 Å². The highest BCUT2D eigenvalue weighted by Crippen LogP contribution is 2.41. The number of thioether (sulfide) groups is 2. The molecule has 2 unspecified atom stereocenters. The number of fused-ring (bicyclic) bond motifs is 1. The van der Waals surface area contributed by atoms with Crippen molar-refractivity contribution < 1.29 is 29.0 Å². The van der Waals surface area contributed by atoms with Gasteiger partial charge in [-0.25, -0.2) is 14.8 Å². The molecule has 202 valence electrons. The summed E-state index contributed by atoms with van der Waals surface area (Å²) in [7, 11) is 1.89. The molecule has 2 aliphatic heterocycles. The molecule has 2 aromatic heterocycles. The Balaban J connectivity index is 1.39. The Labute approximate surface area is 230 Å². The number of amides is 2. The number of rotatable bonds is 11. The lowest BCUT2D eigenvalue weighted by molar-refractivity contribution is -0.730. The number of aromatic nitrogens is 3. The number of carboxylic acid groups (broad SMARTS) is 1. The fourth-order valence-corrected chi connectivity index (χ4v) is 6.70. The molecule has 2 atom stereocenters. The van der Waals surface area contributed by atoms with Gasteiger partial charge in [0.2, 0.25) is 5.82 Å². The van der Waals surface area contributed by atoms with Gasteiger partial charge >= 0.3 is 11.1 Å². The van der Waals surface area contributed by atoms with Gasteiger partial charge in [0.1, 0.15) is 29.5 Å². The van der Waals surface area contributed by atoms with E-state index in [1.165, 1.54) is 39.8 Å². The van der Waals surface area contributed by atoms with Gasteiger partial charge in [-0.2, -0.15) is 0 Å². The Morgan fingerprint density at radius 3 is 2.92 bits per heavy atom. The molecule has 0 aromatic carbocycles. The van der Waals surface area contributed by atoms with E-state index in [2.05, 4.69) is 20.4 Å². The number of nitrogens with two attached hydrogens (primary N) is 2. The number of carbonyl (C=O) groups is 3. The molecule has 2 aromatic rings. The molecule has 0 aliphatic carbocycles. The molecule has 4 rings (SSSR count). The van der Waals surface area contributed by atoms with Crippen LogP contribution in [0.5, 0.6) is 0 Å². The number of carboxylic acids is 1. The minimum Gasteiger partial charge on any atom is -0.477 e. The van der Waals surface area contributed by atoms with Crippen molar-refractivity contribution in [3.05, 3.63) is 34.6 Å². The van der Waals surface area contributed by atoms with Gasteiger partial charge in [0, 0.05) is 30.0 Å². The van der Waals surface area contributed by atoms with Crippen molar-refractivity contribution in [1.82, 2.24) is 20.2 Å². The molecule has 38 heavy (non-hydrogen) atoms. The SMILES string of the molecule is CCN(C)[n+]1ccc(N)nc1SCC1=C(C(=O)O)N2C(=O)C(NC(=O)/C=N\OCc3csc(N)n3)C2SC1. The summed E-state index contributed by atoms with van der Waals surface area (Å²) in [5, 5.41) is 20.2. The molecule has 1 saturated heterocycles. The van der Waals surface area contributed by atoms with Crippen LogP contribution in [0.2, 0.25) is 0 Å². The summed E-state index contributed by atoms with van der Waals surface area (Å²) in [5.41, 5.74) is 12.5. The van der Waals surface area contributed by atoms with E-state index in [-0.39, 0.29) is 12.3 Å². The number of nitrogens with zero attached hydrogens (tertiary/aromatic N) is 6. The van der Waals surface area contributed by atoms with Crippen LogP contribution in [-0.2, 0) is 25.8 Å². The zero-order chi connectivity index (χ0) is 27.4. The van der Waals surface area contributed by atoms with Gasteiger partial charge in [-0.1, -0.05) is 5.16 Å². The molecular weight excluding hydrogens is 554 g/mol. The molecule has 2 amide bonds. The van der Waals surface area contributed by atoms with Crippen LogP contribution in [0.4, 0.5) is 10.9 Å². The molecule has 4 heterocycles. The number of β-lactam (4-membered cyclic amide) rings is 1. The number of hydrogen-bond donors (Lipinski definition) is 4. The second kappa shape index (κ2) is 11.9. The Hall–Kier alpha value is -3.57. The predicted octanol–water partition coefficient (Wildman–Crippen LogP) is -0.389. The van der Waals surface area contributed by atoms with Crippen molar-refractivity contribution in [3.8, 4) is 0 Å². The van der Waals surface area contributed by atoms with Gasteiger partial charge < -0.3 is 26.7 Å². The van der Waals surface area contributed by atoms with Crippen LogP contribution in [0.15, 0.2) is 39.2 Å². The maximum Gasteiger partial charge on any atom is 0.385 e. The first-order chi connectivity index (χ1) is 18.2. The summed E-state index contributed by atoms with van der Waals surface area (Å²) in [6, 6.07) is 0.803. The molecule has 0 spiro atoms. The summed E-state index contributed by atoms with van der Waals surface area (Å²) < 4.78 is 1.83. The number of oxime groups is 1. The second-order valence-corrected chi connectivity index (χ2v) is 11.0. The van der Waals surface area contributed by atoms with Crippen LogP contribution >= 0.6 is 34.9 Å². The maximum absolute atomic E-state index is 12.9. The number of thiazole rings is 1. The van der Waals surface area contributed by atoms with E-state index in [1.54, 1.807) is 17.6 Å². The van der Waals surface area contributed by atoms with Crippen LogP contribution in [0.25, 0.3) is 0 Å². The van der Waals surface area contributed by atoms with E-state index in [0.29, 0.717) is 38.9 Å². The van der Waals surface area contributed by atoms with E-state index in [9.17, 15) is 19.5 Å². The largest absolute Gasteiger partial charge is 0.477 e. The third-order valence-electron chi connectivity index (χ3n) is 5.58. The van der Waals surface area contributed by atoms with Crippen molar-refractivity contribution in [2.45, 2.75) is 30.1 Å². The molecule has 2 aliphatic rings. The first-order valence-corrected chi connectivity index (χ1v) is 14.2. The minimum atomic E-state index is -1.21. The first-order valence-electron chi connectivity index (χ1n) is 11.3. The predicted molar refractivity (Wildman–Crippen MR) is 144 cm³/mol.